The predicted octanol–water partition coefficient (Wildman–Crippen LogP) is 4.87. The first-order valence-corrected chi connectivity index (χ1v) is 9.86. The van der Waals surface area contributed by atoms with Gasteiger partial charge in [0, 0.05) is 42.2 Å². The number of piperidine rings is 1. The summed E-state index contributed by atoms with van der Waals surface area (Å²) in [5, 5.41) is 0.653. The Bertz CT molecular complexity index is 817. The van der Waals surface area contributed by atoms with Gasteiger partial charge in [-0.05, 0) is 43.0 Å². The van der Waals surface area contributed by atoms with Gasteiger partial charge in [0.2, 0.25) is 0 Å². The van der Waals surface area contributed by atoms with Crippen LogP contribution < -0.4 is 0 Å². The lowest BCUT2D eigenvalue weighted by Crippen LogP contribution is -2.42. The van der Waals surface area contributed by atoms with Crippen LogP contribution in [0.4, 0.5) is 0 Å². The number of hydrogen-bond donors (Lipinski definition) is 0. The molecule has 1 aliphatic heterocycles. The second-order valence-corrected chi connectivity index (χ2v) is 8.03. The first-order chi connectivity index (χ1) is 12.9. The molecule has 0 N–H and O–H groups in total. The van der Waals surface area contributed by atoms with E-state index in [4.69, 9.17) is 11.6 Å². The standard InChI is InChI=1S/C22H25ClN2O2/c1-15(2)11-21(26)18-6-4-10-25(14-18)22(27)17-8-9-20(24-13-17)16-5-3-7-19(23)12-16/h3,5,7-9,12-13,15,18H,4,6,10-11,14H2,1-2H3/t18-/m1/s1. The lowest BCUT2D eigenvalue weighted by atomic mass is 9.89. The van der Waals surface area contributed by atoms with Gasteiger partial charge in [-0.3, -0.25) is 14.6 Å². The SMILES string of the molecule is CC(C)CC(=O)[C@@H]1CCCN(C(=O)c2ccc(-c3cccc(Cl)c3)nc2)C1. The summed E-state index contributed by atoms with van der Waals surface area (Å²) in [6.45, 7) is 5.31. The van der Waals surface area contributed by atoms with Crippen LogP contribution >= 0.6 is 11.6 Å². The Labute approximate surface area is 165 Å². The quantitative estimate of drug-likeness (QED) is 0.738. The van der Waals surface area contributed by atoms with E-state index in [2.05, 4.69) is 18.8 Å². The zero-order chi connectivity index (χ0) is 19.4. The fourth-order valence-electron chi connectivity index (χ4n) is 3.51. The summed E-state index contributed by atoms with van der Waals surface area (Å²) < 4.78 is 0. The lowest BCUT2D eigenvalue weighted by Gasteiger charge is -2.32. The van der Waals surface area contributed by atoms with Gasteiger partial charge in [-0.2, -0.15) is 0 Å². The maximum Gasteiger partial charge on any atom is 0.255 e. The Hall–Kier alpha value is -2.20. The van der Waals surface area contributed by atoms with E-state index < -0.39 is 0 Å². The molecule has 1 aromatic heterocycles. The average molecular weight is 385 g/mol. The summed E-state index contributed by atoms with van der Waals surface area (Å²) in [6, 6.07) is 11.1. The van der Waals surface area contributed by atoms with E-state index in [1.165, 1.54) is 0 Å². The van der Waals surface area contributed by atoms with Gasteiger partial charge in [-0.25, -0.2) is 0 Å². The van der Waals surface area contributed by atoms with E-state index in [0.717, 1.165) is 24.1 Å². The van der Waals surface area contributed by atoms with E-state index in [0.29, 0.717) is 36.0 Å². The normalized spacial score (nSPS) is 17.2. The summed E-state index contributed by atoms with van der Waals surface area (Å²) >= 11 is 6.03. The number of rotatable bonds is 5. The second kappa shape index (κ2) is 8.66. The van der Waals surface area contributed by atoms with Gasteiger partial charge < -0.3 is 4.90 Å². The van der Waals surface area contributed by atoms with Crippen molar-refractivity contribution in [3.05, 3.63) is 53.2 Å². The van der Waals surface area contributed by atoms with E-state index in [-0.39, 0.29) is 17.6 Å². The fourth-order valence-corrected chi connectivity index (χ4v) is 3.71. The van der Waals surface area contributed by atoms with Gasteiger partial charge in [-0.15, -0.1) is 0 Å². The molecule has 2 aromatic rings. The third kappa shape index (κ3) is 4.95. The number of amides is 1. The van der Waals surface area contributed by atoms with Crippen LogP contribution in [-0.2, 0) is 4.79 Å². The van der Waals surface area contributed by atoms with Crippen molar-refractivity contribution in [2.75, 3.05) is 13.1 Å². The molecule has 2 heterocycles. The number of hydrogen-bond acceptors (Lipinski definition) is 3. The van der Waals surface area contributed by atoms with Crippen LogP contribution in [-0.4, -0.2) is 34.7 Å². The zero-order valence-electron chi connectivity index (χ0n) is 15.8. The number of aromatic nitrogens is 1. The minimum absolute atomic E-state index is 0.0382. The molecule has 1 aliphatic rings. The lowest BCUT2D eigenvalue weighted by molar-refractivity contribution is -0.124. The van der Waals surface area contributed by atoms with E-state index in [1.807, 2.05) is 30.3 Å². The molecule has 1 amide bonds. The molecule has 0 bridgehead atoms. The smallest absolute Gasteiger partial charge is 0.255 e. The summed E-state index contributed by atoms with van der Waals surface area (Å²) in [7, 11) is 0. The first kappa shape index (κ1) is 19.6. The first-order valence-electron chi connectivity index (χ1n) is 9.48. The third-order valence-electron chi connectivity index (χ3n) is 4.90. The van der Waals surface area contributed by atoms with Gasteiger partial charge >= 0.3 is 0 Å². The molecule has 27 heavy (non-hydrogen) atoms. The molecule has 5 heteroatoms. The Morgan fingerprint density at radius 3 is 2.74 bits per heavy atom. The van der Waals surface area contributed by atoms with Crippen molar-refractivity contribution >= 4 is 23.3 Å². The summed E-state index contributed by atoms with van der Waals surface area (Å²) in [4.78, 5) is 31.4. The maximum atomic E-state index is 12.8. The van der Waals surface area contributed by atoms with Crippen molar-refractivity contribution < 1.29 is 9.59 Å². The number of likely N-dealkylation sites (tertiary alicyclic amines) is 1. The Morgan fingerprint density at radius 2 is 2.07 bits per heavy atom. The Morgan fingerprint density at radius 1 is 1.26 bits per heavy atom. The van der Waals surface area contributed by atoms with E-state index in [9.17, 15) is 9.59 Å². The molecular formula is C22H25ClN2O2. The highest BCUT2D eigenvalue weighted by Gasteiger charge is 2.29. The van der Waals surface area contributed by atoms with E-state index in [1.54, 1.807) is 17.2 Å². The Kier molecular flexibility index (Phi) is 6.27. The molecule has 4 nitrogen and oxygen atoms in total. The fraction of sp³-hybridized carbons (Fsp3) is 0.409. The minimum atomic E-state index is -0.0535. The van der Waals surface area contributed by atoms with Gasteiger partial charge in [0.1, 0.15) is 5.78 Å². The van der Waals surface area contributed by atoms with Crippen molar-refractivity contribution in [1.29, 1.82) is 0 Å². The number of carbonyl (C=O) groups is 2. The van der Waals surface area contributed by atoms with Crippen LogP contribution in [0.1, 0.15) is 43.5 Å². The molecule has 0 aliphatic carbocycles. The van der Waals surface area contributed by atoms with Crippen molar-refractivity contribution in [2.45, 2.75) is 33.1 Å². The topological polar surface area (TPSA) is 50.3 Å². The molecule has 1 fully saturated rings. The monoisotopic (exact) mass is 384 g/mol. The molecule has 3 rings (SSSR count). The van der Waals surface area contributed by atoms with Crippen LogP contribution in [0.25, 0.3) is 11.3 Å². The van der Waals surface area contributed by atoms with Crippen molar-refractivity contribution in [1.82, 2.24) is 9.88 Å². The van der Waals surface area contributed by atoms with Gasteiger partial charge in [-0.1, -0.05) is 37.6 Å². The number of pyridine rings is 1. The third-order valence-corrected chi connectivity index (χ3v) is 5.14. The van der Waals surface area contributed by atoms with Crippen LogP contribution in [0.5, 0.6) is 0 Å². The number of carbonyl (C=O) groups excluding carboxylic acids is 2. The largest absolute Gasteiger partial charge is 0.338 e. The van der Waals surface area contributed by atoms with Crippen molar-refractivity contribution in [3.63, 3.8) is 0 Å². The molecule has 1 saturated heterocycles. The van der Waals surface area contributed by atoms with E-state index >= 15 is 0 Å². The molecule has 0 radical (unpaired) electrons. The summed E-state index contributed by atoms with van der Waals surface area (Å²) in [6.07, 6.45) is 3.94. The number of benzene rings is 1. The van der Waals surface area contributed by atoms with Gasteiger partial charge in [0.05, 0.1) is 11.3 Å². The number of Topliss-reactive ketones (excluding diaryl/α,β-unsaturated/α-hetero) is 1. The summed E-state index contributed by atoms with van der Waals surface area (Å²) in [5.74, 6) is 0.537. The molecule has 1 atom stereocenters. The van der Waals surface area contributed by atoms with Crippen LogP contribution in [0, 0.1) is 11.8 Å². The van der Waals surface area contributed by atoms with Crippen LogP contribution in [0.15, 0.2) is 42.6 Å². The average Bonchev–Trinajstić information content (AvgIpc) is 2.67. The van der Waals surface area contributed by atoms with Gasteiger partial charge in [0.15, 0.2) is 0 Å². The van der Waals surface area contributed by atoms with Crippen LogP contribution in [0.2, 0.25) is 5.02 Å². The highest BCUT2D eigenvalue weighted by molar-refractivity contribution is 6.30. The minimum Gasteiger partial charge on any atom is -0.338 e. The number of halogens is 1. The maximum absolute atomic E-state index is 12.8. The zero-order valence-corrected chi connectivity index (χ0v) is 16.6. The molecule has 0 unspecified atom stereocenters. The highest BCUT2D eigenvalue weighted by atomic mass is 35.5. The predicted molar refractivity (Wildman–Crippen MR) is 108 cm³/mol. The van der Waals surface area contributed by atoms with Crippen molar-refractivity contribution in [3.8, 4) is 11.3 Å². The van der Waals surface area contributed by atoms with Crippen molar-refractivity contribution in [2.24, 2.45) is 11.8 Å². The molecule has 0 spiro atoms. The second-order valence-electron chi connectivity index (χ2n) is 7.60. The van der Waals surface area contributed by atoms with Gasteiger partial charge in [0.25, 0.3) is 5.91 Å². The summed E-state index contributed by atoms with van der Waals surface area (Å²) in [5.41, 5.74) is 2.24. The Balaban J connectivity index is 1.69. The number of ketones is 1. The highest BCUT2D eigenvalue weighted by Crippen LogP contribution is 2.24. The molecular weight excluding hydrogens is 360 g/mol. The molecule has 0 saturated carbocycles. The number of nitrogens with zero attached hydrogens (tertiary/aromatic N) is 2. The molecule has 1 aromatic carbocycles. The van der Waals surface area contributed by atoms with Crippen LogP contribution in [0.3, 0.4) is 0 Å². The molecule has 142 valence electrons.